The predicted octanol–water partition coefficient (Wildman–Crippen LogP) is 2.38. The summed E-state index contributed by atoms with van der Waals surface area (Å²) in [6.45, 7) is 0.285. The quantitative estimate of drug-likeness (QED) is 0.935. The van der Waals surface area contributed by atoms with Gasteiger partial charge in [-0.15, -0.1) is 11.3 Å². The first kappa shape index (κ1) is 12.7. The van der Waals surface area contributed by atoms with Crippen LogP contribution in [0.2, 0.25) is 0 Å². The molecule has 0 amide bonds. The molecule has 2 rings (SSSR count). The minimum Gasteiger partial charge on any atom is -0.263 e. The summed E-state index contributed by atoms with van der Waals surface area (Å²) in [7, 11) is -3.47. The highest BCUT2D eigenvalue weighted by Crippen LogP contribution is 2.20. The minimum atomic E-state index is -3.47. The lowest BCUT2D eigenvalue weighted by atomic mass is 10.5. The van der Waals surface area contributed by atoms with Crippen molar-refractivity contribution in [2.45, 2.75) is 11.4 Å². The lowest BCUT2D eigenvalue weighted by Gasteiger charge is -2.04. The van der Waals surface area contributed by atoms with E-state index in [0.717, 1.165) is 9.35 Å². The van der Waals surface area contributed by atoms with E-state index in [-0.39, 0.29) is 11.4 Å². The van der Waals surface area contributed by atoms with E-state index in [2.05, 4.69) is 25.6 Å². The van der Waals surface area contributed by atoms with Crippen LogP contribution in [0.1, 0.15) is 4.88 Å². The van der Waals surface area contributed by atoms with Gasteiger partial charge in [0, 0.05) is 33.7 Å². The van der Waals surface area contributed by atoms with E-state index in [1.54, 1.807) is 6.07 Å². The molecule has 2 aromatic rings. The van der Waals surface area contributed by atoms with Gasteiger partial charge in [0.25, 0.3) is 0 Å². The van der Waals surface area contributed by atoms with E-state index in [1.165, 1.54) is 29.8 Å². The lowest BCUT2D eigenvalue weighted by molar-refractivity contribution is 0.581. The molecule has 7 heteroatoms. The van der Waals surface area contributed by atoms with Gasteiger partial charge in [-0.05, 0) is 34.1 Å². The van der Waals surface area contributed by atoms with Crippen LogP contribution in [0.5, 0.6) is 0 Å². The highest BCUT2D eigenvalue weighted by molar-refractivity contribution is 9.10. The van der Waals surface area contributed by atoms with E-state index in [0.29, 0.717) is 0 Å². The van der Waals surface area contributed by atoms with Crippen LogP contribution in [-0.2, 0) is 16.6 Å². The summed E-state index contributed by atoms with van der Waals surface area (Å²) in [4.78, 5) is 4.91. The largest absolute Gasteiger partial charge is 0.263 e. The molecule has 0 bridgehead atoms. The topological polar surface area (TPSA) is 59.1 Å². The van der Waals surface area contributed by atoms with Crippen molar-refractivity contribution in [3.8, 4) is 0 Å². The predicted molar refractivity (Wildman–Crippen MR) is 70.3 cm³/mol. The van der Waals surface area contributed by atoms with Crippen molar-refractivity contribution in [3.63, 3.8) is 0 Å². The standard InChI is InChI=1S/C10H9BrN2O2S2/c11-8-4-9(16-7-8)5-13-17(14,15)10-2-1-3-12-6-10/h1-4,6-7,13H,5H2. The van der Waals surface area contributed by atoms with Crippen LogP contribution in [0.15, 0.2) is 45.3 Å². The zero-order chi connectivity index (χ0) is 12.3. The molecule has 2 aromatic heterocycles. The molecule has 17 heavy (non-hydrogen) atoms. The van der Waals surface area contributed by atoms with Gasteiger partial charge in [-0.3, -0.25) is 4.98 Å². The van der Waals surface area contributed by atoms with E-state index >= 15 is 0 Å². The fourth-order valence-corrected chi connectivity index (χ4v) is 3.65. The molecule has 0 atom stereocenters. The van der Waals surface area contributed by atoms with Crippen molar-refractivity contribution in [2.24, 2.45) is 0 Å². The Labute approximate surface area is 112 Å². The maximum Gasteiger partial charge on any atom is 0.242 e. The number of nitrogens with one attached hydrogen (secondary N) is 1. The molecule has 90 valence electrons. The summed E-state index contributed by atoms with van der Waals surface area (Å²) in [5.74, 6) is 0. The maximum atomic E-state index is 11.9. The highest BCUT2D eigenvalue weighted by Gasteiger charge is 2.13. The average Bonchev–Trinajstić information content (AvgIpc) is 2.74. The molecule has 0 saturated heterocycles. The fraction of sp³-hybridized carbons (Fsp3) is 0.100. The SMILES string of the molecule is O=S(=O)(NCc1cc(Br)cs1)c1cccnc1. The number of pyridine rings is 1. The van der Waals surface area contributed by atoms with Crippen molar-refractivity contribution in [3.05, 3.63) is 45.3 Å². The second-order valence-corrected chi connectivity index (χ2v) is 6.92. The molecule has 0 fully saturated rings. The molecule has 4 nitrogen and oxygen atoms in total. The number of aromatic nitrogens is 1. The third-order valence-corrected chi connectivity index (χ3v) is 5.09. The first-order valence-electron chi connectivity index (χ1n) is 4.70. The van der Waals surface area contributed by atoms with Gasteiger partial charge in [-0.1, -0.05) is 0 Å². The Kier molecular flexibility index (Phi) is 3.93. The number of hydrogen-bond donors (Lipinski definition) is 1. The molecule has 0 saturated carbocycles. The van der Waals surface area contributed by atoms with E-state index < -0.39 is 10.0 Å². The molecule has 0 unspecified atom stereocenters. The summed E-state index contributed by atoms with van der Waals surface area (Å²) < 4.78 is 27.2. The second-order valence-electron chi connectivity index (χ2n) is 3.24. The smallest absolute Gasteiger partial charge is 0.242 e. The Balaban J connectivity index is 2.09. The van der Waals surface area contributed by atoms with Crippen LogP contribution in [0.25, 0.3) is 0 Å². The van der Waals surface area contributed by atoms with Gasteiger partial charge >= 0.3 is 0 Å². The van der Waals surface area contributed by atoms with Crippen molar-refractivity contribution in [1.82, 2.24) is 9.71 Å². The van der Waals surface area contributed by atoms with Gasteiger partial charge in [0.1, 0.15) is 4.90 Å². The number of rotatable bonds is 4. The van der Waals surface area contributed by atoms with Crippen molar-refractivity contribution >= 4 is 37.3 Å². The van der Waals surface area contributed by atoms with Crippen LogP contribution in [0, 0.1) is 0 Å². The second kappa shape index (κ2) is 5.26. The van der Waals surface area contributed by atoms with Crippen molar-refractivity contribution < 1.29 is 8.42 Å². The molecule has 1 N–H and O–H groups in total. The summed E-state index contributed by atoms with van der Waals surface area (Å²) in [6.07, 6.45) is 2.86. The monoisotopic (exact) mass is 332 g/mol. The molecule has 0 spiro atoms. The number of nitrogens with zero attached hydrogens (tertiary/aromatic N) is 1. The van der Waals surface area contributed by atoms with Crippen LogP contribution in [-0.4, -0.2) is 13.4 Å². The Morgan fingerprint density at radius 1 is 1.47 bits per heavy atom. The molecule has 0 aliphatic heterocycles. The Hall–Kier alpha value is -0.760. The van der Waals surface area contributed by atoms with Crippen LogP contribution >= 0.6 is 27.3 Å². The lowest BCUT2D eigenvalue weighted by Crippen LogP contribution is -2.22. The summed E-state index contributed by atoms with van der Waals surface area (Å²) in [5, 5.41) is 1.91. The zero-order valence-electron chi connectivity index (χ0n) is 8.63. The summed E-state index contributed by atoms with van der Waals surface area (Å²) in [6, 6.07) is 4.99. The van der Waals surface area contributed by atoms with Crippen LogP contribution in [0.4, 0.5) is 0 Å². The fourth-order valence-electron chi connectivity index (χ4n) is 1.20. The average molecular weight is 333 g/mol. The highest BCUT2D eigenvalue weighted by atomic mass is 79.9. The molecule has 0 aliphatic carbocycles. The Morgan fingerprint density at radius 2 is 2.29 bits per heavy atom. The number of thiophene rings is 1. The number of sulfonamides is 1. The maximum absolute atomic E-state index is 11.9. The van der Waals surface area contributed by atoms with E-state index in [4.69, 9.17) is 0 Å². The van der Waals surface area contributed by atoms with Crippen molar-refractivity contribution in [1.29, 1.82) is 0 Å². The van der Waals surface area contributed by atoms with Gasteiger partial charge in [0.05, 0.1) is 0 Å². The van der Waals surface area contributed by atoms with Crippen LogP contribution < -0.4 is 4.72 Å². The Morgan fingerprint density at radius 3 is 2.88 bits per heavy atom. The molecule has 2 heterocycles. The first-order valence-corrected chi connectivity index (χ1v) is 7.86. The third-order valence-electron chi connectivity index (χ3n) is 2.00. The first-order chi connectivity index (χ1) is 8.08. The molecular formula is C10H9BrN2O2S2. The van der Waals surface area contributed by atoms with Gasteiger partial charge in [-0.2, -0.15) is 0 Å². The molecule has 0 aromatic carbocycles. The van der Waals surface area contributed by atoms with E-state index in [1.807, 2.05) is 11.4 Å². The molecular weight excluding hydrogens is 324 g/mol. The van der Waals surface area contributed by atoms with Gasteiger partial charge in [0.2, 0.25) is 10.0 Å². The minimum absolute atomic E-state index is 0.177. The number of halogens is 1. The van der Waals surface area contributed by atoms with Crippen LogP contribution in [0.3, 0.4) is 0 Å². The normalized spacial score (nSPS) is 11.6. The van der Waals surface area contributed by atoms with Gasteiger partial charge in [-0.25, -0.2) is 13.1 Å². The zero-order valence-corrected chi connectivity index (χ0v) is 11.8. The third kappa shape index (κ3) is 3.35. The van der Waals surface area contributed by atoms with Gasteiger partial charge < -0.3 is 0 Å². The van der Waals surface area contributed by atoms with E-state index in [9.17, 15) is 8.42 Å². The summed E-state index contributed by atoms with van der Waals surface area (Å²) in [5.41, 5.74) is 0. The van der Waals surface area contributed by atoms with Gasteiger partial charge in [0.15, 0.2) is 0 Å². The van der Waals surface area contributed by atoms with Crippen molar-refractivity contribution in [2.75, 3.05) is 0 Å². The number of hydrogen-bond acceptors (Lipinski definition) is 4. The molecule has 0 aliphatic rings. The summed E-state index contributed by atoms with van der Waals surface area (Å²) >= 11 is 4.82. The Bertz CT molecular complexity index is 596. The molecule has 0 radical (unpaired) electrons.